The molecule has 1 unspecified atom stereocenters. The lowest BCUT2D eigenvalue weighted by atomic mass is 9.55. The molecule has 6 heteroatoms. The highest BCUT2D eigenvalue weighted by atomic mass is 16.4. The molecule has 0 bridgehead atoms. The average Bonchev–Trinajstić information content (AvgIpc) is 3.25. The first-order valence-corrected chi connectivity index (χ1v) is 10.9. The zero-order valence-corrected chi connectivity index (χ0v) is 18.3. The zero-order valence-electron chi connectivity index (χ0n) is 18.3. The third-order valence-corrected chi connectivity index (χ3v) is 6.86. The summed E-state index contributed by atoms with van der Waals surface area (Å²) < 4.78 is 1.35. The van der Waals surface area contributed by atoms with Crippen molar-refractivity contribution >= 4 is 16.9 Å². The monoisotopic (exact) mass is 419 g/mol. The number of carboxylic acids is 1. The summed E-state index contributed by atoms with van der Waals surface area (Å²) >= 11 is 0. The van der Waals surface area contributed by atoms with E-state index in [2.05, 4.69) is 10.3 Å². The van der Waals surface area contributed by atoms with Gasteiger partial charge in [-0.25, -0.2) is 4.68 Å². The molecule has 1 N–H and O–H groups in total. The molecule has 31 heavy (non-hydrogen) atoms. The Labute approximate surface area is 181 Å². The number of carboxylic acid groups (broad SMARTS) is 1. The number of nitrogens with zero attached hydrogens (tertiary/aromatic N) is 3. The van der Waals surface area contributed by atoms with Crippen molar-refractivity contribution in [2.45, 2.75) is 58.4 Å². The number of rotatable bonds is 5. The van der Waals surface area contributed by atoms with Crippen molar-refractivity contribution in [1.29, 1.82) is 0 Å². The largest absolute Gasteiger partial charge is 0.481 e. The summed E-state index contributed by atoms with van der Waals surface area (Å²) in [5.41, 5.74) is 0.731. The Hall–Kier alpha value is -3.02. The third kappa shape index (κ3) is 3.54. The van der Waals surface area contributed by atoms with Gasteiger partial charge in [0.05, 0.1) is 11.9 Å². The van der Waals surface area contributed by atoms with E-state index in [9.17, 15) is 14.7 Å². The quantitative estimate of drug-likeness (QED) is 0.663. The van der Waals surface area contributed by atoms with Crippen molar-refractivity contribution in [2.24, 2.45) is 11.3 Å². The summed E-state index contributed by atoms with van der Waals surface area (Å²) in [6.07, 6.45) is 4.04. The highest BCUT2D eigenvalue weighted by Crippen LogP contribution is 2.52. The Morgan fingerprint density at radius 2 is 1.71 bits per heavy atom. The van der Waals surface area contributed by atoms with Crippen LogP contribution in [0.3, 0.4) is 0 Å². The summed E-state index contributed by atoms with van der Waals surface area (Å²) in [6.45, 7) is 6.36. The van der Waals surface area contributed by atoms with Crippen molar-refractivity contribution in [3.05, 3.63) is 70.0 Å². The Bertz CT molecular complexity index is 1160. The van der Waals surface area contributed by atoms with E-state index in [1.165, 1.54) is 4.68 Å². The van der Waals surface area contributed by atoms with Crippen LogP contribution in [0, 0.1) is 11.3 Å². The van der Waals surface area contributed by atoms with Gasteiger partial charge in [0.1, 0.15) is 10.9 Å². The molecule has 4 rings (SSSR count). The molecule has 6 nitrogen and oxygen atoms in total. The Morgan fingerprint density at radius 3 is 2.32 bits per heavy atom. The molecule has 1 atom stereocenters. The lowest BCUT2D eigenvalue weighted by molar-refractivity contribution is -0.152. The molecule has 2 aromatic carbocycles. The third-order valence-electron chi connectivity index (χ3n) is 6.86. The first-order valence-electron chi connectivity index (χ1n) is 10.9. The zero-order chi connectivity index (χ0) is 22.2. The van der Waals surface area contributed by atoms with Crippen molar-refractivity contribution in [3.8, 4) is 0 Å². The molecule has 1 fully saturated rings. The van der Waals surface area contributed by atoms with Gasteiger partial charge in [-0.2, -0.15) is 0 Å². The van der Waals surface area contributed by atoms with E-state index in [1.54, 1.807) is 12.1 Å². The number of hydrogen-bond donors (Lipinski definition) is 1. The second kappa shape index (κ2) is 7.91. The minimum Gasteiger partial charge on any atom is -0.481 e. The fourth-order valence-electron chi connectivity index (χ4n) is 5.43. The number of hydrogen-bond acceptors (Lipinski definition) is 4. The van der Waals surface area contributed by atoms with Crippen LogP contribution in [0.1, 0.15) is 57.6 Å². The van der Waals surface area contributed by atoms with Gasteiger partial charge in [-0.1, -0.05) is 75.2 Å². The van der Waals surface area contributed by atoms with Crippen LogP contribution in [0.25, 0.3) is 10.9 Å². The number of carbonyl (C=O) groups is 1. The van der Waals surface area contributed by atoms with E-state index in [-0.39, 0.29) is 18.0 Å². The van der Waals surface area contributed by atoms with Gasteiger partial charge in [0.25, 0.3) is 5.56 Å². The summed E-state index contributed by atoms with van der Waals surface area (Å²) in [7, 11) is 0. The number of fused-ring (bicyclic) bond motifs is 1. The van der Waals surface area contributed by atoms with E-state index in [0.717, 1.165) is 36.8 Å². The molecule has 0 amide bonds. The summed E-state index contributed by atoms with van der Waals surface area (Å²) in [5.74, 6) is -0.638. The lowest BCUT2D eigenvalue weighted by Crippen LogP contribution is -2.52. The molecule has 162 valence electrons. The molecular weight excluding hydrogens is 390 g/mol. The summed E-state index contributed by atoms with van der Waals surface area (Å²) in [4.78, 5) is 25.5. The summed E-state index contributed by atoms with van der Waals surface area (Å²) in [5, 5.41) is 19.2. The second-order valence-corrected chi connectivity index (χ2v) is 9.61. The van der Waals surface area contributed by atoms with Gasteiger partial charge < -0.3 is 5.11 Å². The molecule has 1 aromatic heterocycles. The molecule has 1 heterocycles. The fourth-order valence-corrected chi connectivity index (χ4v) is 5.43. The molecule has 1 saturated carbocycles. The average molecular weight is 420 g/mol. The molecule has 1 aliphatic carbocycles. The topological polar surface area (TPSA) is 85.1 Å². The lowest BCUT2D eigenvalue weighted by Gasteiger charge is -2.46. The highest BCUT2D eigenvalue weighted by Gasteiger charge is 2.55. The van der Waals surface area contributed by atoms with Crippen LogP contribution in [-0.2, 0) is 16.8 Å². The minimum atomic E-state index is -0.943. The fraction of sp³-hybridized carbons (Fsp3) is 0.440. The molecule has 0 radical (unpaired) electrons. The number of aliphatic carboxylic acids is 1. The molecule has 0 saturated heterocycles. The van der Waals surface area contributed by atoms with Crippen LogP contribution >= 0.6 is 0 Å². The van der Waals surface area contributed by atoms with Crippen LogP contribution in [0.5, 0.6) is 0 Å². The van der Waals surface area contributed by atoms with Crippen LogP contribution < -0.4 is 5.56 Å². The first-order chi connectivity index (χ1) is 14.7. The molecule has 3 aromatic rings. The smallest absolute Gasteiger partial charge is 0.314 e. The van der Waals surface area contributed by atoms with Gasteiger partial charge in [0, 0.05) is 0 Å². The minimum absolute atomic E-state index is 0.116. The van der Waals surface area contributed by atoms with Crippen molar-refractivity contribution < 1.29 is 9.90 Å². The highest BCUT2D eigenvalue weighted by molar-refractivity contribution is 5.83. The van der Waals surface area contributed by atoms with Gasteiger partial charge in [-0.05, 0) is 47.4 Å². The van der Waals surface area contributed by atoms with Crippen LogP contribution in [-0.4, -0.2) is 26.1 Å². The van der Waals surface area contributed by atoms with E-state index >= 15 is 0 Å². The van der Waals surface area contributed by atoms with Gasteiger partial charge in [0.15, 0.2) is 0 Å². The van der Waals surface area contributed by atoms with E-state index in [1.807, 2.05) is 57.2 Å². The second-order valence-electron chi connectivity index (χ2n) is 9.61. The molecule has 0 aliphatic heterocycles. The predicted octanol–water partition coefficient (Wildman–Crippen LogP) is 4.40. The van der Waals surface area contributed by atoms with Crippen molar-refractivity contribution in [3.63, 3.8) is 0 Å². The maximum Gasteiger partial charge on any atom is 0.314 e. The Balaban J connectivity index is 1.70. The molecule has 1 aliphatic rings. The summed E-state index contributed by atoms with van der Waals surface area (Å²) in [6, 6.07) is 14.8. The SMILES string of the molecule is CC(C)(C)C(C(=O)O)(c1ccc(Cn2nnc3ccccc3c2=O)cc1)C1CCCC1. The first kappa shape index (κ1) is 21.2. The molecule has 0 spiro atoms. The van der Waals surface area contributed by atoms with Crippen molar-refractivity contribution in [1.82, 2.24) is 15.0 Å². The van der Waals surface area contributed by atoms with Gasteiger partial charge >= 0.3 is 5.97 Å². The predicted molar refractivity (Wildman–Crippen MR) is 120 cm³/mol. The van der Waals surface area contributed by atoms with E-state index in [4.69, 9.17) is 0 Å². The van der Waals surface area contributed by atoms with Gasteiger partial charge in [0.2, 0.25) is 0 Å². The normalized spacial score (nSPS) is 17.0. The Kier molecular flexibility index (Phi) is 5.42. The van der Waals surface area contributed by atoms with Crippen LogP contribution in [0.15, 0.2) is 53.3 Å². The Morgan fingerprint density at radius 1 is 1.06 bits per heavy atom. The van der Waals surface area contributed by atoms with Gasteiger partial charge in [-0.3, -0.25) is 9.59 Å². The molecular formula is C25H29N3O3. The van der Waals surface area contributed by atoms with Gasteiger partial charge in [-0.15, -0.1) is 5.10 Å². The number of benzene rings is 2. The van der Waals surface area contributed by atoms with Crippen molar-refractivity contribution in [2.75, 3.05) is 0 Å². The van der Waals surface area contributed by atoms with E-state index < -0.39 is 16.8 Å². The van der Waals surface area contributed by atoms with E-state index in [0.29, 0.717) is 10.9 Å². The number of aromatic nitrogens is 3. The van der Waals surface area contributed by atoms with Crippen LogP contribution in [0.2, 0.25) is 0 Å². The maximum absolute atomic E-state index is 12.7. The standard InChI is InChI=1S/C25H29N3O3/c1-24(2,3)25(23(30)31,18-8-4-5-9-18)19-14-12-17(13-15-19)16-28-22(29)20-10-6-7-11-21(20)26-27-28/h6-7,10-15,18H,4-5,8-9,16H2,1-3H3,(H,30,31). The maximum atomic E-state index is 12.7. The van der Waals surface area contributed by atoms with Crippen LogP contribution in [0.4, 0.5) is 0 Å².